The average Bonchev–Trinajstić information content (AvgIpc) is 2.69. The van der Waals surface area contributed by atoms with Crippen LogP contribution in [0, 0.1) is 0 Å². The summed E-state index contributed by atoms with van der Waals surface area (Å²) in [6.45, 7) is 2.62. The number of carbonyl (C=O) groups is 4. The molecule has 2 N–H and O–H groups in total. The van der Waals surface area contributed by atoms with Gasteiger partial charge in [-0.3, -0.25) is 24.1 Å². The predicted molar refractivity (Wildman–Crippen MR) is 102 cm³/mol. The van der Waals surface area contributed by atoms with Gasteiger partial charge in [0.2, 0.25) is 5.91 Å². The van der Waals surface area contributed by atoms with Crippen molar-refractivity contribution < 1.29 is 29.0 Å². The molecule has 3 atom stereocenters. The zero-order valence-electron chi connectivity index (χ0n) is 15.7. The minimum Gasteiger partial charge on any atom is -0.477 e. The van der Waals surface area contributed by atoms with Gasteiger partial charge in [0.1, 0.15) is 29.8 Å². The number of β-lactam (4-membered cyclic amide) rings is 1. The molecular formula is C18H19N3O7S. The topological polar surface area (TPSA) is 135 Å². The maximum atomic E-state index is 12.6. The van der Waals surface area contributed by atoms with E-state index in [0.717, 1.165) is 4.90 Å². The molecule has 1 aromatic rings. The monoisotopic (exact) mass is 421 g/mol. The number of nitrogens with zero attached hydrogens (tertiary/aromatic N) is 2. The summed E-state index contributed by atoms with van der Waals surface area (Å²) in [5.41, 5.74) is -0.0671. The number of hydrogen-bond acceptors (Lipinski definition) is 7. The number of rotatable bonds is 6. The Kier molecular flexibility index (Phi) is 5.78. The zero-order valence-corrected chi connectivity index (χ0v) is 16.5. The fraction of sp³-hybridized carbons (Fsp3) is 0.389. The Bertz CT molecular complexity index is 950. The van der Waals surface area contributed by atoms with Gasteiger partial charge in [-0.2, -0.15) is 0 Å². The van der Waals surface area contributed by atoms with Gasteiger partial charge in [-0.15, -0.1) is 11.8 Å². The van der Waals surface area contributed by atoms with Crippen LogP contribution in [0.2, 0.25) is 0 Å². The van der Waals surface area contributed by atoms with Crippen LogP contribution in [0.3, 0.4) is 0 Å². The number of amides is 2. The molecule has 2 aliphatic heterocycles. The number of carboxylic acid groups (broad SMARTS) is 1. The van der Waals surface area contributed by atoms with E-state index in [2.05, 4.69) is 5.32 Å². The summed E-state index contributed by atoms with van der Waals surface area (Å²) in [5, 5.41) is 11.6. The summed E-state index contributed by atoms with van der Waals surface area (Å²) in [4.78, 5) is 60.1. The first-order chi connectivity index (χ1) is 13.7. The van der Waals surface area contributed by atoms with E-state index < -0.39 is 41.2 Å². The molecule has 1 fully saturated rings. The standard InChI is InChI=1S/C18H19N3O7S/c1-9(20-5-3-12(23)4-6-20)15(24)19-13-16(25)21-14(18(26)27)11(7-28-10(2)22)8-29-17(13)21/h3-6,9,13,17H,7-8H2,1-2H3,(H,19,24)(H,26,27)/t9?,13-,17-/m1/s1. The summed E-state index contributed by atoms with van der Waals surface area (Å²) in [5.74, 6) is -2.56. The van der Waals surface area contributed by atoms with E-state index in [4.69, 9.17) is 4.74 Å². The maximum Gasteiger partial charge on any atom is 0.352 e. The Morgan fingerprint density at radius 2 is 1.97 bits per heavy atom. The van der Waals surface area contributed by atoms with Crippen molar-refractivity contribution >= 4 is 35.5 Å². The van der Waals surface area contributed by atoms with Crippen LogP contribution in [0.25, 0.3) is 0 Å². The fourth-order valence-electron chi connectivity index (χ4n) is 3.07. The third kappa shape index (κ3) is 4.04. The zero-order chi connectivity index (χ0) is 21.3. The van der Waals surface area contributed by atoms with Gasteiger partial charge in [0.05, 0.1) is 0 Å². The number of aliphatic carboxylic acids is 1. The second kappa shape index (κ2) is 8.11. The van der Waals surface area contributed by atoms with Crippen LogP contribution in [-0.2, 0) is 23.9 Å². The number of thioether (sulfide) groups is 1. The highest BCUT2D eigenvalue weighted by Crippen LogP contribution is 2.40. The third-order valence-corrected chi connectivity index (χ3v) is 5.99. The van der Waals surface area contributed by atoms with E-state index in [0.29, 0.717) is 5.57 Å². The van der Waals surface area contributed by atoms with Crippen molar-refractivity contribution in [1.29, 1.82) is 0 Å². The summed E-state index contributed by atoms with van der Waals surface area (Å²) < 4.78 is 6.41. The largest absolute Gasteiger partial charge is 0.477 e. The van der Waals surface area contributed by atoms with Crippen LogP contribution in [-0.4, -0.2) is 62.1 Å². The number of nitrogens with one attached hydrogen (secondary N) is 1. The molecule has 0 aromatic carbocycles. The summed E-state index contributed by atoms with van der Waals surface area (Å²) >= 11 is 1.29. The van der Waals surface area contributed by atoms with E-state index in [1.54, 1.807) is 6.92 Å². The summed E-state index contributed by atoms with van der Waals surface area (Å²) in [6.07, 6.45) is 2.95. The molecule has 1 aromatic heterocycles. The van der Waals surface area contributed by atoms with Gasteiger partial charge < -0.3 is 19.7 Å². The van der Waals surface area contributed by atoms with Crippen molar-refractivity contribution in [3.63, 3.8) is 0 Å². The molecule has 1 saturated heterocycles. The summed E-state index contributed by atoms with van der Waals surface area (Å²) in [7, 11) is 0. The predicted octanol–water partition coefficient (Wildman–Crippen LogP) is -0.289. The molecule has 2 amide bonds. The second-order valence-corrected chi connectivity index (χ2v) is 7.70. The van der Waals surface area contributed by atoms with Crippen molar-refractivity contribution in [2.45, 2.75) is 31.3 Å². The van der Waals surface area contributed by atoms with Crippen LogP contribution in [0.4, 0.5) is 0 Å². The quantitative estimate of drug-likeness (QED) is 0.473. The lowest BCUT2D eigenvalue weighted by molar-refractivity contribution is -0.151. The summed E-state index contributed by atoms with van der Waals surface area (Å²) in [6, 6.07) is 1.12. The number of hydrogen-bond donors (Lipinski definition) is 2. The normalized spacial score (nSPS) is 21.7. The van der Waals surface area contributed by atoms with Gasteiger partial charge in [0.25, 0.3) is 5.91 Å². The minimum absolute atomic E-state index is 0.185. The van der Waals surface area contributed by atoms with E-state index in [1.807, 2.05) is 0 Å². The van der Waals surface area contributed by atoms with E-state index >= 15 is 0 Å². The Labute approximate surface area is 169 Å². The second-order valence-electron chi connectivity index (χ2n) is 6.59. The number of carboxylic acids is 1. The van der Waals surface area contributed by atoms with Gasteiger partial charge in [-0.05, 0) is 6.92 Å². The third-order valence-electron chi connectivity index (χ3n) is 4.65. The molecule has 154 valence electrons. The molecule has 3 heterocycles. The Morgan fingerprint density at radius 3 is 2.55 bits per heavy atom. The number of aromatic nitrogens is 1. The highest BCUT2D eigenvalue weighted by Gasteiger charge is 2.54. The molecule has 0 aliphatic carbocycles. The van der Waals surface area contributed by atoms with E-state index in [1.165, 1.54) is 47.8 Å². The first-order valence-electron chi connectivity index (χ1n) is 8.72. The van der Waals surface area contributed by atoms with Gasteiger partial charge in [-0.25, -0.2) is 4.79 Å². The van der Waals surface area contributed by atoms with Gasteiger partial charge in [0.15, 0.2) is 5.43 Å². The Morgan fingerprint density at radius 1 is 1.31 bits per heavy atom. The Hall–Kier alpha value is -3.08. The van der Waals surface area contributed by atoms with Crippen molar-refractivity contribution in [3.8, 4) is 0 Å². The van der Waals surface area contributed by atoms with Crippen LogP contribution in [0.5, 0.6) is 0 Å². The van der Waals surface area contributed by atoms with Crippen LogP contribution < -0.4 is 10.7 Å². The van der Waals surface area contributed by atoms with Crippen LogP contribution in [0.1, 0.15) is 19.9 Å². The highest BCUT2D eigenvalue weighted by atomic mass is 32.2. The van der Waals surface area contributed by atoms with Crippen LogP contribution >= 0.6 is 11.8 Å². The number of fused-ring (bicyclic) bond motifs is 1. The van der Waals surface area contributed by atoms with Crippen molar-refractivity contribution in [3.05, 3.63) is 46.0 Å². The number of pyridine rings is 1. The Balaban J connectivity index is 1.72. The van der Waals surface area contributed by atoms with Crippen LogP contribution in [0.15, 0.2) is 40.6 Å². The molecule has 0 radical (unpaired) electrons. The lowest BCUT2D eigenvalue weighted by Gasteiger charge is -2.49. The SMILES string of the molecule is CC(=O)OCC1=C(C(=O)O)N2C(=O)[C@@H](NC(=O)C(C)n3ccc(=O)cc3)[C@H]2SC1. The number of esters is 1. The smallest absolute Gasteiger partial charge is 0.352 e. The van der Waals surface area contributed by atoms with Gasteiger partial charge in [-0.1, -0.05) is 0 Å². The minimum atomic E-state index is -1.29. The number of ether oxygens (including phenoxy) is 1. The lowest BCUT2D eigenvalue weighted by atomic mass is 10.0. The molecule has 3 rings (SSSR count). The highest BCUT2D eigenvalue weighted by molar-refractivity contribution is 8.00. The molecule has 0 bridgehead atoms. The molecule has 0 spiro atoms. The molecule has 10 nitrogen and oxygen atoms in total. The van der Waals surface area contributed by atoms with Gasteiger partial charge in [0, 0.05) is 42.8 Å². The fourth-order valence-corrected chi connectivity index (χ4v) is 4.40. The lowest BCUT2D eigenvalue weighted by Crippen LogP contribution is -2.71. The molecule has 29 heavy (non-hydrogen) atoms. The molecular weight excluding hydrogens is 402 g/mol. The van der Waals surface area contributed by atoms with Gasteiger partial charge >= 0.3 is 11.9 Å². The molecule has 2 aliphatic rings. The molecule has 1 unspecified atom stereocenters. The maximum absolute atomic E-state index is 12.6. The first-order valence-corrected chi connectivity index (χ1v) is 9.77. The van der Waals surface area contributed by atoms with E-state index in [-0.39, 0.29) is 23.5 Å². The van der Waals surface area contributed by atoms with Crippen molar-refractivity contribution in [2.24, 2.45) is 0 Å². The molecule has 0 saturated carbocycles. The van der Waals surface area contributed by atoms with Crippen molar-refractivity contribution in [1.82, 2.24) is 14.8 Å². The average molecular weight is 421 g/mol. The molecule has 11 heteroatoms. The number of carbonyl (C=O) groups excluding carboxylic acids is 3. The van der Waals surface area contributed by atoms with E-state index in [9.17, 15) is 29.1 Å². The van der Waals surface area contributed by atoms with Crippen molar-refractivity contribution in [2.75, 3.05) is 12.4 Å². The first kappa shape index (κ1) is 20.6.